The summed E-state index contributed by atoms with van der Waals surface area (Å²) < 4.78 is 2.37. The second-order valence-corrected chi connectivity index (χ2v) is 13.0. The SMILES string of the molecule is C=C(N)Sc1ccccc1N=C(Cc1ccc2c3c(cccc13)-c1ccccc1-2)n1c2ccccc2c2cc3ccccc3cc21. The van der Waals surface area contributed by atoms with Crippen molar-refractivity contribution in [1.82, 2.24) is 4.57 Å². The predicted octanol–water partition coefficient (Wildman–Crippen LogP) is 11.1. The van der Waals surface area contributed by atoms with E-state index in [9.17, 15) is 0 Å². The van der Waals surface area contributed by atoms with Gasteiger partial charge in [0.2, 0.25) is 0 Å². The Balaban J connectivity index is 1.32. The van der Waals surface area contributed by atoms with Crippen molar-refractivity contribution in [3.63, 3.8) is 0 Å². The summed E-state index contributed by atoms with van der Waals surface area (Å²) in [5.74, 6) is 0.952. The summed E-state index contributed by atoms with van der Waals surface area (Å²) in [5, 5.41) is 8.00. The van der Waals surface area contributed by atoms with Gasteiger partial charge in [-0.15, -0.1) is 0 Å². The summed E-state index contributed by atoms with van der Waals surface area (Å²) in [4.78, 5) is 6.48. The van der Waals surface area contributed by atoms with Crippen molar-refractivity contribution in [3.8, 4) is 22.3 Å². The Morgan fingerprint density at radius 1 is 0.609 bits per heavy atom. The molecule has 0 unspecified atom stereocenters. The minimum Gasteiger partial charge on any atom is -0.394 e. The molecule has 0 saturated carbocycles. The number of fused-ring (bicyclic) bond motifs is 7. The van der Waals surface area contributed by atoms with Gasteiger partial charge in [0.15, 0.2) is 0 Å². The van der Waals surface area contributed by atoms with Crippen molar-refractivity contribution in [3.05, 3.63) is 157 Å². The van der Waals surface area contributed by atoms with Gasteiger partial charge in [0, 0.05) is 22.1 Å². The molecule has 218 valence electrons. The first-order valence-electron chi connectivity index (χ1n) is 15.5. The van der Waals surface area contributed by atoms with Gasteiger partial charge in [-0.25, -0.2) is 4.99 Å². The van der Waals surface area contributed by atoms with Crippen molar-refractivity contribution in [1.29, 1.82) is 0 Å². The summed E-state index contributed by atoms with van der Waals surface area (Å²) in [5.41, 5.74) is 15.7. The molecule has 0 fully saturated rings. The van der Waals surface area contributed by atoms with E-state index in [2.05, 4.69) is 139 Å². The van der Waals surface area contributed by atoms with Crippen LogP contribution in [0.15, 0.2) is 161 Å². The van der Waals surface area contributed by atoms with E-state index in [1.807, 2.05) is 12.1 Å². The van der Waals surface area contributed by atoms with Crippen LogP contribution in [0.25, 0.3) is 65.6 Å². The Kier molecular flexibility index (Phi) is 6.12. The molecule has 0 saturated heterocycles. The molecular formula is C42H29N3S. The molecule has 1 aliphatic rings. The molecule has 0 amide bonds. The highest BCUT2D eigenvalue weighted by molar-refractivity contribution is 8.03. The summed E-state index contributed by atoms with van der Waals surface area (Å²) >= 11 is 1.45. The third kappa shape index (κ3) is 4.18. The molecule has 0 atom stereocenters. The van der Waals surface area contributed by atoms with Crippen LogP contribution in [0, 0.1) is 0 Å². The summed E-state index contributed by atoms with van der Waals surface area (Å²) in [6.07, 6.45) is 0.639. The summed E-state index contributed by atoms with van der Waals surface area (Å²) in [6.45, 7) is 3.96. The Morgan fingerprint density at radius 3 is 2.09 bits per heavy atom. The molecule has 0 bridgehead atoms. The number of hydrogen-bond donors (Lipinski definition) is 1. The van der Waals surface area contributed by atoms with Crippen LogP contribution in [0.4, 0.5) is 5.69 Å². The minimum absolute atomic E-state index is 0.541. The predicted molar refractivity (Wildman–Crippen MR) is 197 cm³/mol. The summed E-state index contributed by atoms with van der Waals surface area (Å²) in [7, 11) is 0. The van der Waals surface area contributed by atoms with Gasteiger partial charge in [-0.2, -0.15) is 0 Å². The van der Waals surface area contributed by atoms with Crippen molar-refractivity contribution in [2.75, 3.05) is 0 Å². The molecule has 0 aliphatic heterocycles. The minimum atomic E-state index is 0.541. The lowest BCUT2D eigenvalue weighted by molar-refractivity contribution is 1.16. The largest absolute Gasteiger partial charge is 0.394 e. The molecule has 0 spiro atoms. The zero-order valence-electron chi connectivity index (χ0n) is 25.1. The molecule has 9 rings (SSSR count). The number of nitrogens with two attached hydrogens (primary N) is 1. The number of nitrogens with zero attached hydrogens (tertiary/aromatic N) is 2. The van der Waals surface area contributed by atoms with Crippen LogP contribution in [0.3, 0.4) is 0 Å². The van der Waals surface area contributed by atoms with Gasteiger partial charge in [-0.05, 0) is 79.7 Å². The number of benzene rings is 7. The number of para-hydroxylation sites is 2. The molecule has 7 aromatic carbocycles. The summed E-state index contributed by atoms with van der Waals surface area (Å²) in [6, 6.07) is 50.1. The van der Waals surface area contributed by atoms with Crippen molar-refractivity contribution in [2.24, 2.45) is 10.7 Å². The maximum Gasteiger partial charge on any atom is 0.118 e. The first kappa shape index (κ1) is 26.8. The average Bonchev–Trinajstić information content (AvgIpc) is 3.58. The van der Waals surface area contributed by atoms with Crippen LogP contribution in [-0.4, -0.2) is 10.4 Å². The van der Waals surface area contributed by atoms with Crippen molar-refractivity contribution < 1.29 is 0 Å². The highest BCUT2D eigenvalue weighted by atomic mass is 32.2. The third-order valence-corrected chi connectivity index (χ3v) is 9.97. The Labute approximate surface area is 271 Å². The molecule has 1 heterocycles. The zero-order chi connectivity index (χ0) is 30.8. The van der Waals surface area contributed by atoms with E-state index >= 15 is 0 Å². The monoisotopic (exact) mass is 607 g/mol. The molecular weight excluding hydrogens is 579 g/mol. The van der Waals surface area contributed by atoms with E-state index in [4.69, 9.17) is 10.7 Å². The van der Waals surface area contributed by atoms with Gasteiger partial charge in [0.05, 0.1) is 21.7 Å². The maximum absolute atomic E-state index is 6.09. The van der Waals surface area contributed by atoms with Gasteiger partial charge in [-0.3, -0.25) is 4.57 Å². The van der Waals surface area contributed by atoms with E-state index in [1.54, 1.807) is 0 Å². The molecule has 2 N–H and O–H groups in total. The quantitative estimate of drug-likeness (QED) is 0.120. The lowest BCUT2D eigenvalue weighted by atomic mass is 9.96. The lowest BCUT2D eigenvalue weighted by Gasteiger charge is -2.16. The fraction of sp³-hybridized carbons (Fsp3) is 0.0238. The van der Waals surface area contributed by atoms with Crippen molar-refractivity contribution >= 4 is 66.6 Å². The van der Waals surface area contributed by atoms with E-state index in [1.165, 1.54) is 71.9 Å². The second-order valence-electron chi connectivity index (χ2n) is 11.9. The van der Waals surface area contributed by atoms with Crippen LogP contribution in [-0.2, 0) is 6.42 Å². The smallest absolute Gasteiger partial charge is 0.118 e. The number of rotatable bonds is 5. The van der Waals surface area contributed by atoms with E-state index in [0.717, 1.165) is 27.5 Å². The Hall–Kier alpha value is -5.58. The number of aromatic nitrogens is 1. The third-order valence-electron chi connectivity index (χ3n) is 9.14. The zero-order valence-corrected chi connectivity index (χ0v) is 25.9. The molecule has 1 aromatic heterocycles. The van der Waals surface area contributed by atoms with Crippen LogP contribution >= 0.6 is 11.8 Å². The van der Waals surface area contributed by atoms with E-state index < -0.39 is 0 Å². The fourth-order valence-corrected chi connectivity index (χ4v) is 7.86. The first-order chi connectivity index (χ1) is 22.6. The maximum atomic E-state index is 6.09. The standard InChI is InChI=1S/C42H29N3S/c1-26(43)46-40-20-9-7-18-37(40)44-41(25-29-21-22-35-32-14-5-4-13-31(32)34-17-10-16-30(29)42(34)35)45-38-19-8-6-15-33(38)36-23-27-11-2-3-12-28(27)24-39(36)45/h2-24H,1,25,43H2. The van der Waals surface area contributed by atoms with Gasteiger partial charge in [0.1, 0.15) is 5.84 Å². The van der Waals surface area contributed by atoms with E-state index in [-0.39, 0.29) is 0 Å². The molecule has 3 nitrogen and oxygen atoms in total. The average molecular weight is 608 g/mol. The van der Waals surface area contributed by atoms with Gasteiger partial charge in [-0.1, -0.05) is 128 Å². The molecule has 1 aliphatic carbocycles. The van der Waals surface area contributed by atoms with Crippen LogP contribution in [0.2, 0.25) is 0 Å². The van der Waals surface area contributed by atoms with Crippen LogP contribution in [0.5, 0.6) is 0 Å². The highest BCUT2D eigenvalue weighted by Crippen LogP contribution is 2.48. The van der Waals surface area contributed by atoms with Gasteiger partial charge in [0.25, 0.3) is 0 Å². The second kappa shape index (κ2) is 10.5. The molecule has 46 heavy (non-hydrogen) atoms. The lowest BCUT2D eigenvalue weighted by Crippen LogP contribution is -2.15. The molecule has 4 heteroatoms. The van der Waals surface area contributed by atoms with Crippen molar-refractivity contribution in [2.45, 2.75) is 11.3 Å². The van der Waals surface area contributed by atoms with E-state index in [0.29, 0.717) is 11.4 Å². The Morgan fingerprint density at radius 2 is 1.26 bits per heavy atom. The van der Waals surface area contributed by atoms with Crippen LogP contribution < -0.4 is 5.73 Å². The highest BCUT2D eigenvalue weighted by Gasteiger charge is 2.23. The molecule has 0 radical (unpaired) electrons. The van der Waals surface area contributed by atoms with Gasteiger partial charge < -0.3 is 5.73 Å². The number of thioether (sulfide) groups is 1. The fourth-order valence-electron chi connectivity index (χ4n) is 7.21. The number of hydrogen-bond acceptors (Lipinski definition) is 3. The Bertz CT molecular complexity index is 2540. The molecule has 8 aromatic rings. The topological polar surface area (TPSA) is 43.3 Å². The first-order valence-corrected chi connectivity index (χ1v) is 16.3. The van der Waals surface area contributed by atoms with Crippen LogP contribution in [0.1, 0.15) is 5.56 Å². The number of aliphatic imine (C=N–C) groups is 1. The normalized spacial score (nSPS) is 12.4. The van der Waals surface area contributed by atoms with Gasteiger partial charge >= 0.3 is 0 Å².